The van der Waals surface area contributed by atoms with Gasteiger partial charge in [-0.05, 0) is 63.8 Å². The zero-order chi connectivity index (χ0) is 27.4. The van der Waals surface area contributed by atoms with Crippen molar-refractivity contribution in [3.05, 3.63) is 47.3 Å². The topological polar surface area (TPSA) is 133 Å². The third-order valence-corrected chi connectivity index (χ3v) is 5.17. The molecule has 0 atom stereocenters. The van der Waals surface area contributed by atoms with Crippen molar-refractivity contribution in [1.82, 2.24) is 4.98 Å². The monoisotopic (exact) mass is 517 g/mol. The Bertz CT molecular complexity index is 1240. The van der Waals surface area contributed by atoms with Crippen LogP contribution in [0.25, 0.3) is 0 Å². The van der Waals surface area contributed by atoms with Crippen molar-refractivity contribution in [2.45, 2.75) is 51.8 Å². The molecule has 37 heavy (non-hydrogen) atoms. The number of nitrogens with one attached hydrogen (secondary N) is 3. The Morgan fingerprint density at radius 2 is 1.76 bits per heavy atom. The highest BCUT2D eigenvalue weighted by Gasteiger charge is 2.36. The number of halogens is 3. The van der Waals surface area contributed by atoms with Gasteiger partial charge in [0, 0.05) is 24.0 Å². The van der Waals surface area contributed by atoms with E-state index in [9.17, 15) is 27.6 Å². The number of nitrogens with zero attached hydrogens (tertiary/aromatic N) is 2. The lowest BCUT2D eigenvalue weighted by atomic mass is 10.1. The average molecular weight is 518 g/mol. The lowest BCUT2D eigenvalue weighted by molar-refractivity contribution is -0.137. The number of hydrogen-bond donors (Lipinski definition) is 3. The van der Waals surface area contributed by atoms with Crippen LogP contribution in [0.3, 0.4) is 0 Å². The molecule has 1 aromatic carbocycles. The van der Waals surface area contributed by atoms with E-state index in [1.54, 1.807) is 26.8 Å². The number of hydrogen-bond acceptors (Lipinski definition) is 7. The van der Waals surface area contributed by atoms with Crippen molar-refractivity contribution in [2.24, 2.45) is 5.92 Å². The Kier molecular flexibility index (Phi) is 8.06. The third-order valence-electron chi connectivity index (χ3n) is 5.17. The summed E-state index contributed by atoms with van der Waals surface area (Å²) in [6, 6.07) is 6.07. The Morgan fingerprint density at radius 1 is 1.08 bits per heavy atom. The molecule has 0 radical (unpaired) electrons. The number of amides is 2. The lowest BCUT2D eigenvalue weighted by Gasteiger charge is -2.22. The van der Waals surface area contributed by atoms with Crippen LogP contribution in [0.4, 0.5) is 35.0 Å². The van der Waals surface area contributed by atoms with E-state index < -0.39 is 41.5 Å². The fraction of sp³-hybridized carbons (Fsp3) is 0.400. The van der Waals surface area contributed by atoms with Crippen LogP contribution in [0.5, 0.6) is 0 Å². The van der Waals surface area contributed by atoms with E-state index >= 15 is 0 Å². The molecule has 2 aromatic rings. The molecular weight excluding hydrogens is 491 g/mol. The fourth-order valence-electron chi connectivity index (χ4n) is 3.28. The highest BCUT2D eigenvalue weighted by molar-refractivity contribution is 6.12. The predicted octanol–water partition coefficient (Wildman–Crippen LogP) is 5.35. The first-order valence-corrected chi connectivity index (χ1v) is 11.4. The second-order valence-corrected chi connectivity index (χ2v) is 9.58. The number of alkyl halides is 3. The maximum atomic E-state index is 13.9. The molecule has 1 aliphatic rings. The van der Waals surface area contributed by atoms with Crippen LogP contribution in [0.15, 0.2) is 30.5 Å². The quantitative estimate of drug-likeness (QED) is 0.317. The molecule has 12 heteroatoms. The Morgan fingerprint density at radius 3 is 2.35 bits per heavy atom. The summed E-state index contributed by atoms with van der Waals surface area (Å²) in [5, 5.41) is 16.4. The first-order valence-electron chi connectivity index (χ1n) is 11.4. The third kappa shape index (κ3) is 8.20. The van der Waals surface area contributed by atoms with Crippen LogP contribution in [0, 0.1) is 17.2 Å². The summed E-state index contributed by atoms with van der Waals surface area (Å²) in [5.74, 6) is -1.32. The second-order valence-electron chi connectivity index (χ2n) is 9.58. The van der Waals surface area contributed by atoms with Crippen molar-refractivity contribution in [1.29, 1.82) is 5.26 Å². The van der Waals surface area contributed by atoms with Gasteiger partial charge in [-0.1, -0.05) is 0 Å². The fourth-order valence-corrected chi connectivity index (χ4v) is 3.28. The summed E-state index contributed by atoms with van der Waals surface area (Å²) in [6.45, 7) is 5.18. The molecule has 2 amide bonds. The van der Waals surface area contributed by atoms with Crippen molar-refractivity contribution in [3.8, 4) is 6.07 Å². The van der Waals surface area contributed by atoms with Crippen LogP contribution in [0.2, 0.25) is 0 Å². The lowest BCUT2D eigenvalue weighted by Crippen LogP contribution is -2.28. The summed E-state index contributed by atoms with van der Waals surface area (Å²) in [7, 11) is 0. The molecule has 0 aliphatic heterocycles. The van der Waals surface area contributed by atoms with Gasteiger partial charge in [-0.2, -0.15) is 18.4 Å². The second kappa shape index (κ2) is 10.9. The molecule has 196 valence electrons. The van der Waals surface area contributed by atoms with Crippen molar-refractivity contribution in [3.63, 3.8) is 0 Å². The Labute approximate surface area is 211 Å². The Hall–Kier alpha value is -4.14. The molecule has 0 unspecified atom stereocenters. The first kappa shape index (κ1) is 27.4. The first-order chi connectivity index (χ1) is 17.2. The van der Waals surface area contributed by atoms with Crippen molar-refractivity contribution >= 4 is 34.8 Å². The molecule has 1 saturated carbocycles. The van der Waals surface area contributed by atoms with Crippen LogP contribution in [0.1, 0.15) is 61.6 Å². The number of aromatic nitrogens is 1. The molecule has 1 aromatic heterocycles. The SMILES string of the molecule is CC(C)(C)OC(=O)Nc1cc(NCC2CC2)c(C(F)(F)F)cc1NC(=O)CC(=O)c1ccnc(C#N)c1. The van der Waals surface area contributed by atoms with E-state index in [-0.39, 0.29) is 34.2 Å². The normalized spacial score (nSPS) is 13.3. The highest BCUT2D eigenvalue weighted by Crippen LogP contribution is 2.41. The van der Waals surface area contributed by atoms with Gasteiger partial charge in [0.15, 0.2) is 5.78 Å². The van der Waals surface area contributed by atoms with Gasteiger partial charge in [-0.15, -0.1) is 0 Å². The average Bonchev–Trinajstić information content (AvgIpc) is 3.61. The van der Waals surface area contributed by atoms with E-state index in [0.717, 1.165) is 18.9 Å². The molecule has 3 N–H and O–H groups in total. The summed E-state index contributed by atoms with van der Waals surface area (Å²) in [6.07, 6.45) is -3.37. The maximum Gasteiger partial charge on any atom is 0.418 e. The van der Waals surface area contributed by atoms with Crippen LogP contribution >= 0.6 is 0 Å². The molecule has 1 fully saturated rings. The van der Waals surface area contributed by atoms with E-state index in [4.69, 9.17) is 10.00 Å². The van der Waals surface area contributed by atoms with Crippen LogP contribution < -0.4 is 16.0 Å². The maximum absolute atomic E-state index is 13.9. The van der Waals surface area contributed by atoms with E-state index in [0.29, 0.717) is 12.6 Å². The smallest absolute Gasteiger partial charge is 0.418 e. The number of benzene rings is 1. The zero-order valence-corrected chi connectivity index (χ0v) is 20.5. The molecule has 0 saturated heterocycles. The van der Waals surface area contributed by atoms with Crippen molar-refractivity contribution in [2.75, 3.05) is 22.5 Å². The number of ketones is 1. The van der Waals surface area contributed by atoms with Crippen LogP contribution in [-0.4, -0.2) is 34.9 Å². The van der Waals surface area contributed by atoms with E-state index in [1.807, 2.05) is 0 Å². The van der Waals surface area contributed by atoms with Gasteiger partial charge in [0.1, 0.15) is 17.4 Å². The van der Waals surface area contributed by atoms with E-state index in [2.05, 4.69) is 20.9 Å². The summed E-state index contributed by atoms with van der Waals surface area (Å²) in [4.78, 5) is 41.3. The molecule has 0 spiro atoms. The van der Waals surface area contributed by atoms with Crippen LogP contribution in [-0.2, 0) is 15.7 Å². The molecule has 9 nitrogen and oxygen atoms in total. The molecule has 3 rings (SSSR count). The van der Waals surface area contributed by atoms with Gasteiger partial charge in [0.2, 0.25) is 5.91 Å². The van der Waals surface area contributed by atoms with Gasteiger partial charge < -0.3 is 15.4 Å². The zero-order valence-electron chi connectivity index (χ0n) is 20.5. The standard InChI is InChI=1S/C25H26F3N5O4/c1-24(2,3)37-23(36)33-20-10-18(31-13-14-4-5-14)17(25(26,27)28)9-19(20)32-22(35)11-21(34)15-6-7-30-16(8-15)12-29/h6-10,14,31H,4-5,11,13H2,1-3H3,(H,32,35)(H,33,36). The summed E-state index contributed by atoms with van der Waals surface area (Å²) >= 11 is 0. The van der Waals surface area contributed by atoms with E-state index in [1.165, 1.54) is 18.3 Å². The summed E-state index contributed by atoms with van der Waals surface area (Å²) < 4.78 is 46.8. The Balaban J connectivity index is 1.90. The number of Topliss-reactive ketones (excluding diaryl/α,β-unsaturated/α-hetero) is 1. The minimum Gasteiger partial charge on any atom is -0.444 e. The van der Waals surface area contributed by atoms with Crippen molar-refractivity contribution < 1.29 is 32.3 Å². The minimum absolute atomic E-state index is 0.0285. The van der Waals surface area contributed by atoms with Gasteiger partial charge in [0.25, 0.3) is 0 Å². The number of pyridine rings is 1. The number of carbonyl (C=O) groups is 3. The number of carbonyl (C=O) groups excluding carboxylic acids is 3. The molecule has 0 bridgehead atoms. The van der Waals surface area contributed by atoms with Gasteiger partial charge in [-0.3, -0.25) is 14.9 Å². The number of nitriles is 1. The van der Waals surface area contributed by atoms with Gasteiger partial charge >= 0.3 is 12.3 Å². The largest absolute Gasteiger partial charge is 0.444 e. The predicted molar refractivity (Wildman–Crippen MR) is 129 cm³/mol. The molecule has 1 heterocycles. The highest BCUT2D eigenvalue weighted by atomic mass is 19.4. The van der Waals surface area contributed by atoms with Gasteiger partial charge in [-0.25, -0.2) is 9.78 Å². The van der Waals surface area contributed by atoms with Gasteiger partial charge in [0.05, 0.1) is 23.4 Å². The number of ether oxygens (including phenoxy) is 1. The number of anilines is 3. The minimum atomic E-state index is -4.77. The molecular formula is C25H26F3N5O4. The molecule has 1 aliphatic carbocycles. The number of rotatable bonds is 8. The summed E-state index contributed by atoms with van der Waals surface area (Å²) in [5.41, 5.74) is -2.68.